The second kappa shape index (κ2) is 16.3. The Hall–Kier alpha value is -5.48. The Bertz CT molecular complexity index is 1790. The predicted molar refractivity (Wildman–Crippen MR) is 185 cm³/mol. The molecule has 0 radical (unpaired) electrons. The van der Waals surface area contributed by atoms with Gasteiger partial charge in [-0.2, -0.15) is 10.2 Å². The normalized spacial score (nSPS) is 17.6. The Morgan fingerprint density at radius 3 is 2.54 bits per heavy atom. The summed E-state index contributed by atoms with van der Waals surface area (Å²) < 4.78 is 5.57. The van der Waals surface area contributed by atoms with Gasteiger partial charge in [0.15, 0.2) is 5.84 Å². The molecule has 1 atom stereocenters. The van der Waals surface area contributed by atoms with Crippen molar-refractivity contribution < 1.29 is 19.1 Å². The van der Waals surface area contributed by atoms with E-state index in [4.69, 9.17) is 4.74 Å². The van der Waals surface area contributed by atoms with E-state index in [0.29, 0.717) is 67.5 Å². The summed E-state index contributed by atoms with van der Waals surface area (Å²) in [5.74, 6) is -0.483. The van der Waals surface area contributed by atoms with E-state index in [1.807, 2.05) is 30.3 Å². The largest absolute Gasteiger partial charge is 0.495 e. The monoisotopic (exact) mass is 682 g/mol. The molecule has 0 unspecified atom stereocenters. The van der Waals surface area contributed by atoms with Crippen LogP contribution in [-0.2, 0) is 11.2 Å². The van der Waals surface area contributed by atoms with Gasteiger partial charge in [-0.05, 0) is 23.8 Å². The van der Waals surface area contributed by atoms with Gasteiger partial charge in [0.1, 0.15) is 28.9 Å². The van der Waals surface area contributed by atoms with Crippen LogP contribution in [0.25, 0.3) is 11.4 Å². The molecule has 5 heterocycles. The number of methoxy groups -OCH3 is 1. The number of ether oxygens (including phenoxy) is 1. The maximum Gasteiger partial charge on any atom is 0.295 e. The lowest BCUT2D eigenvalue weighted by molar-refractivity contribution is -0.127. The van der Waals surface area contributed by atoms with Crippen molar-refractivity contribution in [3.63, 3.8) is 0 Å². The molecule has 4 N–H and O–H groups in total. The van der Waals surface area contributed by atoms with E-state index in [-0.39, 0.29) is 17.5 Å². The molecule has 2 aromatic heterocycles. The fourth-order valence-electron chi connectivity index (χ4n) is 6.11. The first-order chi connectivity index (χ1) is 24.4. The number of piperazine rings is 2. The molecular formula is C34H42N12O4. The third-order valence-electron chi connectivity index (χ3n) is 9.01. The molecule has 6 rings (SSSR count). The summed E-state index contributed by atoms with van der Waals surface area (Å²) in [7, 11) is 1.47. The molecule has 0 saturated carbocycles. The number of hydrogen-bond acceptors (Lipinski definition) is 12. The summed E-state index contributed by atoms with van der Waals surface area (Å²) in [5.41, 5.74) is 2.81. The maximum atomic E-state index is 13.7. The standard InChI is InChI=1S/C34H42N12O4/c1-23-25(31(47)34(49)46-16-14-45(15-17-46)32-27(41-43-42-32)18-24-6-4-3-5-7-24)20-36-21-29(38-22-30(23)50-2)26-19-28(40-39-26)33(48)37-10-13-44-11-8-35-9-12-44/h3-7,19-22,27,35-36H,8-18H2,1-2H3,(H,37,48)(H,39,40)/t27-/m1/s1. The van der Waals surface area contributed by atoms with Crippen molar-refractivity contribution in [3.8, 4) is 17.1 Å². The highest BCUT2D eigenvalue weighted by Gasteiger charge is 2.32. The molecule has 2 amide bonds. The topological polar surface area (TPSA) is 189 Å². The van der Waals surface area contributed by atoms with Crippen LogP contribution >= 0.6 is 0 Å². The van der Waals surface area contributed by atoms with Crippen LogP contribution < -0.4 is 15.4 Å². The molecule has 16 heteroatoms. The number of carbonyl (C=O) groups is 3. The van der Waals surface area contributed by atoms with Crippen LogP contribution in [0.4, 0.5) is 0 Å². The second-order valence-electron chi connectivity index (χ2n) is 12.2. The van der Waals surface area contributed by atoms with Crippen molar-refractivity contribution >= 4 is 23.4 Å². The number of H-pyrrole nitrogens is 2. The lowest BCUT2D eigenvalue weighted by Gasteiger charge is -2.36. The minimum Gasteiger partial charge on any atom is -0.495 e. The number of nitrogens with zero attached hydrogens (tertiary/aromatic N) is 8. The molecule has 0 spiro atoms. The predicted octanol–water partition coefficient (Wildman–Crippen LogP) is 1.59. The van der Waals surface area contributed by atoms with E-state index in [2.05, 4.69) is 56.0 Å². The minimum atomic E-state index is -0.673. The Morgan fingerprint density at radius 1 is 1.00 bits per heavy atom. The first kappa shape index (κ1) is 34.4. The van der Waals surface area contributed by atoms with E-state index >= 15 is 0 Å². The van der Waals surface area contributed by atoms with Crippen LogP contribution in [0.15, 0.2) is 70.4 Å². The lowest BCUT2D eigenvalue weighted by Crippen LogP contribution is -2.53. The van der Waals surface area contributed by atoms with E-state index in [1.54, 1.807) is 24.1 Å². The summed E-state index contributed by atoms with van der Waals surface area (Å²) in [4.78, 5) is 53.4. The van der Waals surface area contributed by atoms with Crippen molar-refractivity contribution in [1.29, 1.82) is 0 Å². The molecule has 0 bridgehead atoms. The van der Waals surface area contributed by atoms with Crippen LogP contribution in [0.5, 0.6) is 5.75 Å². The Kier molecular flexibility index (Phi) is 11.2. The molecule has 0 aliphatic carbocycles. The third-order valence-corrected chi connectivity index (χ3v) is 9.01. The number of aromatic amines is 2. The van der Waals surface area contributed by atoms with Crippen molar-refractivity contribution in [3.05, 3.63) is 77.4 Å². The van der Waals surface area contributed by atoms with Crippen LogP contribution in [0.1, 0.15) is 32.0 Å². The number of rotatable bonds is 10. The summed E-state index contributed by atoms with van der Waals surface area (Å²) in [5, 5.41) is 25.8. The van der Waals surface area contributed by atoms with E-state index in [1.165, 1.54) is 19.5 Å². The number of hydrogen-bond donors (Lipinski definition) is 4. The van der Waals surface area contributed by atoms with Gasteiger partial charge in [-0.1, -0.05) is 30.3 Å². The van der Waals surface area contributed by atoms with Gasteiger partial charge in [0.05, 0.1) is 18.9 Å². The third kappa shape index (κ3) is 8.20. The van der Waals surface area contributed by atoms with Crippen LogP contribution in [-0.4, -0.2) is 137 Å². The second-order valence-corrected chi connectivity index (χ2v) is 12.2. The van der Waals surface area contributed by atoms with Crippen LogP contribution in [0.3, 0.4) is 0 Å². The SMILES string of the molecule is COc1cnc(-c2cc(C(=O)NCCN3CCNCC3)[nH]n2)c[nH]cc(C(=O)C(=O)N2CCN(C3=NN=N[C@@H]3Cc3ccccc3)CC2)c1C. The summed E-state index contributed by atoms with van der Waals surface area (Å²) >= 11 is 0. The van der Waals surface area contributed by atoms with Gasteiger partial charge in [-0.25, -0.2) is 4.98 Å². The molecule has 50 heavy (non-hydrogen) atoms. The maximum absolute atomic E-state index is 13.7. The van der Waals surface area contributed by atoms with Gasteiger partial charge in [0, 0.05) is 89.8 Å². The number of amides is 2. The molecule has 16 nitrogen and oxygen atoms in total. The molecule has 2 fully saturated rings. The van der Waals surface area contributed by atoms with Gasteiger partial charge >= 0.3 is 0 Å². The number of nitrogens with one attached hydrogen (secondary N) is 4. The van der Waals surface area contributed by atoms with Gasteiger partial charge in [-0.3, -0.25) is 24.4 Å². The smallest absolute Gasteiger partial charge is 0.295 e. The van der Waals surface area contributed by atoms with Gasteiger partial charge in [0.25, 0.3) is 17.6 Å². The average Bonchev–Trinajstić information content (AvgIpc) is 3.84. The van der Waals surface area contributed by atoms with Gasteiger partial charge < -0.3 is 30.2 Å². The van der Waals surface area contributed by atoms with Gasteiger partial charge in [0.2, 0.25) is 0 Å². The highest BCUT2D eigenvalue weighted by molar-refractivity contribution is 6.43. The van der Waals surface area contributed by atoms with E-state index in [0.717, 1.165) is 44.1 Å². The van der Waals surface area contributed by atoms with Crippen molar-refractivity contribution in [2.75, 3.05) is 72.6 Å². The number of amidine groups is 1. The van der Waals surface area contributed by atoms with Crippen molar-refractivity contribution in [2.24, 2.45) is 15.4 Å². The van der Waals surface area contributed by atoms with E-state index in [9.17, 15) is 14.4 Å². The number of benzene rings is 1. The van der Waals surface area contributed by atoms with Crippen molar-refractivity contribution in [2.45, 2.75) is 19.4 Å². The zero-order valence-electron chi connectivity index (χ0n) is 28.3. The number of aromatic nitrogens is 4. The van der Waals surface area contributed by atoms with E-state index < -0.39 is 11.7 Å². The average molecular weight is 683 g/mol. The molecule has 3 aliphatic heterocycles. The fraction of sp³-hybridized carbons (Fsp3) is 0.412. The summed E-state index contributed by atoms with van der Waals surface area (Å²) in [6.45, 7) is 8.48. The number of carbonyl (C=O) groups excluding carboxylic acids is 3. The van der Waals surface area contributed by atoms with Gasteiger partial charge in [-0.15, -0.1) is 5.10 Å². The Morgan fingerprint density at radius 2 is 1.78 bits per heavy atom. The molecular weight excluding hydrogens is 640 g/mol. The first-order valence-electron chi connectivity index (χ1n) is 16.7. The summed E-state index contributed by atoms with van der Waals surface area (Å²) in [6.07, 6.45) is 5.15. The van der Waals surface area contributed by atoms with Crippen LogP contribution in [0, 0.1) is 6.92 Å². The highest BCUT2D eigenvalue weighted by Crippen LogP contribution is 2.22. The zero-order chi connectivity index (χ0) is 34.9. The molecule has 1 aromatic carbocycles. The zero-order valence-corrected chi connectivity index (χ0v) is 28.3. The molecule has 262 valence electrons. The lowest BCUT2D eigenvalue weighted by atomic mass is 10.0. The molecule has 2 saturated heterocycles. The fourth-order valence-corrected chi connectivity index (χ4v) is 6.11. The quantitative estimate of drug-likeness (QED) is 0.182. The first-order valence-corrected chi connectivity index (χ1v) is 16.7. The molecule has 3 aliphatic rings. The number of Topliss-reactive ketones (excluding diaryl/α,β-unsaturated/α-hetero) is 1. The molecule has 3 aromatic rings. The highest BCUT2D eigenvalue weighted by atomic mass is 16.5. The Balaban J connectivity index is 1.10. The van der Waals surface area contributed by atoms with Crippen LogP contribution in [0.2, 0.25) is 0 Å². The summed E-state index contributed by atoms with van der Waals surface area (Å²) in [6, 6.07) is 11.5. The number of ketones is 1. The minimum absolute atomic E-state index is 0.144. The van der Waals surface area contributed by atoms with Crippen molar-refractivity contribution in [1.82, 2.24) is 45.5 Å². The Labute approximate surface area is 289 Å².